The summed E-state index contributed by atoms with van der Waals surface area (Å²) in [7, 11) is 0. The third kappa shape index (κ3) is 15.8. The average Bonchev–Trinajstić information content (AvgIpc) is 3.85. The maximum Gasteiger partial charge on any atom is 0.305 e. The Morgan fingerprint density at radius 1 is 0.754 bits per heavy atom. The molecule has 1 aromatic rings. The van der Waals surface area contributed by atoms with Gasteiger partial charge in [0.25, 0.3) is 5.91 Å². The van der Waals surface area contributed by atoms with Gasteiger partial charge in [-0.25, -0.2) is 0 Å². The number of hydrogen-bond donors (Lipinski definition) is 9. The molecular formula is C46H67N7O12. The molecule has 1 saturated carbocycles. The highest BCUT2D eigenvalue weighted by molar-refractivity contribution is 6.37. The first-order chi connectivity index (χ1) is 30.4. The minimum Gasteiger partial charge on any atom is -0.481 e. The Hall–Kier alpha value is -6.14. The summed E-state index contributed by atoms with van der Waals surface area (Å²) >= 11 is 0. The lowest BCUT2D eigenvalue weighted by Crippen LogP contribution is -2.62. The average molecular weight is 910 g/mol. The number of hydrogen-bond acceptors (Lipinski definition) is 10. The third-order valence-corrected chi connectivity index (χ3v) is 11.8. The van der Waals surface area contributed by atoms with E-state index < -0.39 is 125 Å². The van der Waals surface area contributed by atoms with E-state index in [9.17, 15) is 58.2 Å². The Morgan fingerprint density at radius 3 is 1.86 bits per heavy atom. The van der Waals surface area contributed by atoms with Crippen LogP contribution in [0, 0.1) is 29.6 Å². The molecule has 1 aromatic carbocycles. The number of primary amides is 1. The van der Waals surface area contributed by atoms with Crippen LogP contribution in [0.15, 0.2) is 36.4 Å². The number of fused-ring (bicyclic) bond motifs is 2. The zero-order chi connectivity index (χ0) is 48.8. The Morgan fingerprint density at radius 2 is 1.34 bits per heavy atom. The lowest BCUT2D eigenvalue weighted by molar-refractivity contribution is -0.142. The number of amides is 7. The van der Waals surface area contributed by atoms with Gasteiger partial charge in [-0.3, -0.25) is 47.9 Å². The Bertz CT molecular complexity index is 1990. The number of benzene rings is 1. The highest BCUT2D eigenvalue weighted by atomic mass is 16.4. The first-order valence-corrected chi connectivity index (χ1v) is 22.2. The van der Waals surface area contributed by atoms with Crippen LogP contribution in [0.25, 0.3) is 0 Å². The van der Waals surface area contributed by atoms with Crippen LogP contribution >= 0.6 is 0 Å². The molecule has 19 nitrogen and oxygen atoms in total. The number of unbranched alkanes of at least 4 members (excludes halogenated alkanes) is 1. The van der Waals surface area contributed by atoms with Crippen LogP contribution in [-0.4, -0.2) is 106 Å². The fourth-order valence-electron chi connectivity index (χ4n) is 8.07. The number of carbonyl (C=O) groups excluding carboxylic acids is 8. The zero-order valence-electron chi connectivity index (χ0n) is 38.4. The van der Waals surface area contributed by atoms with Crippen molar-refractivity contribution in [3.05, 3.63) is 47.5 Å². The van der Waals surface area contributed by atoms with Gasteiger partial charge in [0.05, 0.1) is 17.9 Å². The molecule has 0 heterocycles. The molecule has 0 saturated heterocycles. The van der Waals surface area contributed by atoms with Crippen LogP contribution in [0.5, 0.6) is 0 Å². The van der Waals surface area contributed by atoms with E-state index in [-0.39, 0.29) is 31.1 Å². The second kappa shape index (κ2) is 23.7. The lowest BCUT2D eigenvalue weighted by Gasteiger charge is -2.34. The predicted molar refractivity (Wildman–Crippen MR) is 237 cm³/mol. The van der Waals surface area contributed by atoms with Crippen molar-refractivity contribution in [2.24, 2.45) is 28.4 Å². The molecule has 0 aromatic heterocycles. The quantitative estimate of drug-likeness (QED) is 0.0472. The molecule has 8 atom stereocenters. The van der Waals surface area contributed by atoms with Gasteiger partial charge in [-0.1, -0.05) is 90.8 Å². The molecule has 0 spiro atoms. The molecule has 10 N–H and O–H groups in total. The highest BCUT2D eigenvalue weighted by Crippen LogP contribution is 2.49. The molecule has 1 fully saturated rings. The highest BCUT2D eigenvalue weighted by Gasteiger charge is 2.47. The van der Waals surface area contributed by atoms with Crippen LogP contribution in [0.2, 0.25) is 0 Å². The summed E-state index contributed by atoms with van der Waals surface area (Å²) in [4.78, 5) is 132. The van der Waals surface area contributed by atoms with E-state index >= 15 is 0 Å². The van der Waals surface area contributed by atoms with Crippen molar-refractivity contribution >= 4 is 59.1 Å². The van der Waals surface area contributed by atoms with E-state index in [0.717, 1.165) is 12.0 Å². The second-order valence-electron chi connectivity index (χ2n) is 18.8. The maximum absolute atomic E-state index is 14.4. The van der Waals surface area contributed by atoms with Crippen LogP contribution < -0.4 is 37.6 Å². The van der Waals surface area contributed by atoms with Crippen molar-refractivity contribution < 1.29 is 58.2 Å². The smallest absolute Gasteiger partial charge is 0.305 e. The molecule has 2 unspecified atom stereocenters. The van der Waals surface area contributed by atoms with Crippen molar-refractivity contribution in [1.29, 1.82) is 0 Å². The van der Waals surface area contributed by atoms with E-state index in [1.807, 2.05) is 26.8 Å². The molecule has 2 aliphatic rings. The molecule has 0 radical (unpaired) electrons. The van der Waals surface area contributed by atoms with Gasteiger partial charge in [-0.15, -0.1) is 0 Å². The van der Waals surface area contributed by atoms with Gasteiger partial charge in [-0.2, -0.15) is 0 Å². The van der Waals surface area contributed by atoms with E-state index in [1.54, 1.807) is 58.0 Å². The normalized spacial score (nSPS) is 19.1. The van der Waals surface area contributed by atoms with Crippen molar-refractivity contribution in [3.8, 4) is 0 Å². The predicted octanol–water partition coefficient (Wildman–Crippen LogP) is 1.48. The summed E-state index contributed by atoms with van der Waals surface area (Å²) in [6, 6.07) is -1.50. The van der Waals surface area contributed by atoms with Gasteiger partial charge in [0.2, 0.25) is 41.2 Å². The fraction of sp³-hybridized carbons (Fsp3) is 0.609. The van der Waals surface area contributed by atoms with Crippen LogP contribution in [0.1, 0.15) is 117 Å². The summed E-state index contributed by atoms with van der Waals surface area (Å²) < 4.78 is 0. The number of carboxylic acids is 2. The molecular weight excluding hydrogens is 843 g/mol. The molecule has 3 rings (SSSR count). The number of Topliss-reactive ketones (excluding diaryl/α,β-unsaturated/α-hetero) is 1. The van der Waals surface area contributed by atoms with E-state index in [0.29, 0.717) is 31.2 Å². The molecule has 19 heteroatoms. The maximum atomic E-state index is 14.4. The Kier molecular flexibility index (Phi) is 19.4. The van der Waals surface area contributed by atoms with E-state index in [1.165, 1.54) is 0 Å². The van der Waals surface area contributed by atoms with E-state index in [4.69, 9.17) is 5.73 Å². The summed E-state index contributed by atoms with van der Waals surface area (Å²) in [5, 5.41) is 34.7. The molecule has 7 amide bonds. The van der Waals surface area contributed by atoms with Crippen molar-refractivity contribution in [2.75, 3.05) is 0 Å². The molecule has 0 aliphatic heterocycles. The number of nitrogens with one attached hydrogen (secondary N) is 6. The lowest BCUT2D eigenvalue weighted by atomic mass is 9.85. The van der Waals surface area contributed by atoms with E-state index in [2.05, 4.69) is 31.9 Å². The summed E-state index contributed by atoms with van der Waals surface area (Å²) in [5.41, 5.74) is 4.70. The van der Waals surface area contributed by atoms with Crippen molar-refractivity contribution in [2.45, 2.75) is 155 Å². The number of carbonyl (C=O) groups is 10. The molecule has 2 bridgehead atoms. The van der Waals surface area contributed by atoms with Gasteiger partial charge < -0.3 is 47.8 Å². The number of aliphatic carboxylic acids is 2. The number of aryl methyl sites for hydroxylation is 1. The number of allylic oxidation sites excluding steroid dienone is 1. The monoisotopic (exact) mass is 909 g/mol. The topological polar surface area (TPSA) is 309 Å². The first kappa shape index (κ1) is 53.2. The molecule has 65 heavy (non-hydrogen) atoms. The SMILES string of the molecule is CCCC[C@H](NC(=O)[C@H](CC(C)C)NC(=O)[C@@H](NC(=O)[C@H](Cc1ccccc1C)NC(=O)[C@H](CCC(=O)O)NC(=O)[C@H](CC(=O)O)NC(=O)C12C=CC(CC1)C2)C(C)(C)C)C(=O)C(N)=O. The van der Waals surface area contributed by atoms with Crippen molar-refractivity contribution in [3.63, 3.8) is 0 Å². The number of carboxylic acid groups (broad SMARTS) is 2. The first-order valence-electron chi connectivity index (χ1n) is 22.2. The largest absolute Gasteiger partial charge is 0.481 e. The standard InChI is InChI=1S/C46H67N7O12/c1-8-9-14-29(36(58)38(47)59)48-40(61)31(21-25(2)3)51-43(64)37(45(5,6)7)53-42(63)32(22-28-13-11-10-12-26(28)4)50-39(60)30(15-16-34(54)55)49-41(62)33(23-35(56)57)52-44(65)46-19-17-27(24-46)18-20-46/h10-13,17,19,25,27,29-33,37H,8-9,14-16,18,20-24H2,1-7H3,(H2,47,59)(H,48,61)(H,49,62)(H,50,60)(H,51,64)(H,52,65)(H,53,63)(H,54,55)(H,56,57)/t27?,29-,30-,31-,32-,33-,37+,46?/m0/s1. The molecule has 2 aliphatic carbocycles. The molecule has 358 valence electrons. The van der Waals surface area contributed by atoms with Crippen LogP contribution in [0.4, 0.5) is 0 Å². The van der Waals surface area contributed by atoms with Crippen molar-refractivity contribution in [1.82, 2.24) is 31.9 Å². The Balaban J connectivity index is 1.93. The van der Waals surface area contributed by atoms with Gasteiger partial charge in [-0.05, 0) is 73.8 Å². The fourth-order valence-corrected chi connectivity index (χ4v) is 8.07. The van der Waals surface area contributed by atoms with Crippen LogP contribution in [0.3, 0.4) is 0 Å². The summed E-state index contributed by atoms with van der Waals surface area (Å²) in [5.74, 6) is -9.86. The minimum atomic E-state index is -1.63. The van der Waals surface area contributed by atoms with Crippen LogP contribution in [-0.2, 0) is 54.4 Å². The number of ketones is 1. The van der Waals surface area contributed by atoms with Gasteiger partial charge in [0, 0.05) is 12.8 Å². The summed E-state index contributed by atoms with van der Waals surface area (Å²) in [6.45, 7) is 12.2. The number of rotatable bonds is 26. The number of nitrogens with two attached hydrogens (primary N) is 1. The zero-order valence-corrected chi connectivity index (χ0v) is 38.4. The van der Waals surface area contributed by atoms with Gasteiger partial charge >= 0.3 is 11.9 Å². The third-order valence-electron chi connectivity index (χ3n) is 11.8. The Labute approximate surface area is 379 Å². The second-order valence-corrected chi connectivity index (χ2v) is 18.8. The summed E-state index contributed by atoms with van der Waals surface area (Å²) in [6.07, 6.45) is 4.78. The minimum absolute atomic E-state index is 0.110. The van der Waals surface area contributed by atoms with Gasteiger partial charge in [0.1, 0.15) is 30.2 Å². The van der Waals surface area contributed by atoms with Gasteiger partial charge in [0.15, 0.2) is 0 Å².